The molecule has 0 saturated heterocycles. The van der Waals surface area contributed by atoms with Gasteiger partial charge in [0.25, 0.3) is 5.91 Å². The largest absolute Gasteiger partial charge is 0.497 e. The number of hydrogen-bond acceptors (Lipinski definition) is 4. The van der Waals surface area contributed by atoms with Gasteiger partial charge in [-0.05, 0) is 48.5 Å². The van der Waals surface area contributed by atoms with E-state index in [4.69, 9.17) is 21.1 Å². The van der Waals surface area contributed by atoms with Crippen molar-refractivity contribution in [1.82, 2.24) is 15.1 Å². The molecule has 1 N–H and O–H groups in total. The van der Waals surface area contributed by atoms with Crippen LogP contribution in [0.2, 0.25) is 5.02 Å². The third kappa shape index (κ3) is 4.48. The van der Waals surface area contributed by atoms with Crippen LogP contribution in [0.5, 0.6) is 5.75 Å². The highest BCUT2D eigenvalue weighted by molar-refractivity contribution is 6.30. The summed E-state index contributed by atoms with van der Waals surface area (Å²) < 4.78 is 11.8. The predicted octanol–water partition coefficient (Wildman–Crippen LogP) is 3.58. The van der Waals surface area contributed by atoms with Gasteiger partial charge in [-0.15, -0.1) is 0 Å². The van der Waals surface area contributed by atoms with E-state index in [0.29, 0.717) is 35.2 Å². The average Bonchev–Trinajstić information content (AvgIpc) is 3.14. The molecule has 6 nitrogen and oxygen atoms in total. The SMILES string of the molecule is COCCNC(=O)c1cc(-c2ccc(OC)cc2)nn1-c1cccc(Cl)c1. The van der Waals surface area contributed by atoms with E-state index in [2.05, 4.69) is 10.4 Å². The van der Waals surface area contributed by atoms with Crippen LogP contribution >= 0.6 is 11.6 Å². The van der Waals surface area contributed by atoms with Crippen LogP contribution in [0, 0.1) is 0 Å². The molecule has 7 heteroatoms. The normalized spacial score (nSPS) is 10.6. The minimum Gasteiger partial charge on any atom is -0.497 e. The number of benzene rings is 2. The van der Waals surface area contributed by atoms with Gasteiger partial charge in [0.2, 0.25) is 0 Å². The van der Waals surface area contributed by atoms with Crippen molar-refractivity contribution in [3.05, 3.63) is 65.3 Å². The summed E-state index contributed by atoms with van der Waals surface area (Å²) in [5.41, 5.74) is 2.68. The van der Waals surface area contributed by atoms with E-state index >= 15 is 0 Å². The zero-order valence-electron chi connectivity index (χ0n) is 15.1. The molecule has 0 unspecified atom stereocenters. The van der Waals surface area contributed by atoms with Gasteiger partial charge in [0, 0.05) is 24.2 Å². The van der Waals surface area contributed by atoms with Gasteiger partial charge < -0.3 is 14.8 Å². The first-order valence-corrected chi connectivity index (χ1v) is 8.77. The van der Waals surface area contributed by atoms with Crippen molar-refractivity contribution in [3.8, 4) is 22.7 Å². The zero-order chi connectivity index (χ0) is 19.2. The minimum atomic E-state index is -0.237. The first-order chi connectivity index (χ1) is 13.1. The summed E-state index contributed by atoms with van der Waals surface area (Å²) in [7, 11) is 3.20. The Labute approximate surface area is 162 Å². The first-order valence-electron chi connectivity index (χ1n) is 8.40. The van der Waals surface area contributed by atoms with E-state index in [-0.39, 0.29) is 5.91 Å². The first kappa shape index (κ1) is 18.9. The molecule has 1 aromatic heterocycles. The fourth-order valence-electron chi connectivity index (χ4n) is 2.61. The lowest BCUT2D eigenvalue weighted by atomic mass is 10.1. The Kier molecular flexibility index (Phi) is 6.11. The monoisotopic (exact) mass is 385 g/mol. The Hall–Kier alpha value is -2.83. The number of halogens is 1. The van der Waals surface area contributed by atoms with Gasteiger partial charge in [-0.25, -0.2) is 4.68 Å². The number of nitrogens with zero attached hydrogens (tertiary/aromatic N) is 2. The number of carbonyl (C=O) groups excluding carboxylic acids is 1. The number of aromatic nitrogens is 2. The zero-order valence-corrected chi connectivity index (χ0v) is 15.9. The number of methoxy groups -OCH3 is 2. The van der Waals surface area contributed by atoms with Gasteiger partial charge >= 0.3 is 0 Å². The summed E-state index contributed by atoms with van der Waals surface area (Å²) in [4.78, 5) is 12.7. The molecule has 0 saturated carbocycles. The molecular weight excluding hydrogens is 366 g/mol. The predicted molar refractivity (Wildman–Crippen MR) is 105 cm³/mol. The highest BCUT2D eigenvalue weighted by Gasteiger charge is 2.17. The Morgan fingerprint density at radius 3 is 2.59 bits per heavy atom. The number of amides is 1. The van der Waals surface area contributed by atoms with Gasteiger partial charge in [-0.1, -0.05) is 17.7 Å². The van der Waals surface area contributed by atoms with Gasteiger partial charge in [0.15, 0.2) is 0 Å². The lowest BCUT2D eigenvalue weighted by Gasteiger charge is -2.08. The van der Waals surface area contributed by atoms with E-state index in [0.717, 1.165) is 11.3 Å². The fourth-order valence-corrected chi connectivity index (χ4v) is 2.79. The maximum Gasteiger partial charge on any atom is 0.270 e. The van der Waals surface area contributed by atoms with Crippen LogP contribution in [0.25, 0.3) is 16.9 Å². The third-order valence-electron chi connectivity index (χ3n) is 3.97. The number of nitrogens with one attached hydrogen (secondary N) is 1. The average molecular weight is 386 g/mol. The van der Waals surface area contributed by atoms with E-state index in [1.165, 1.54) is 0 Å². The van der Waals surface area contributed by atoms with Crippen LogP contribution in [0.1, 0.15) is 10.5 Å². The third-order valence-corrected chi connectivity index (χ3v) is 4.21. The standard InChI is InChI=1S/C20H20ClN3O3/c1-26-11-10-22-20(25)19-13-18(14-6-8-17(27-2)9-7-14)23-24(19)16-5-3-4-15(21)12-16/h3-9,12-13H,10-11H2,1-2H3,(H,22,25). The summed E-state index contributed by atoms with van der Waals surface area (Å²) in [6, 6.07) is 16.5. The number of rotatable bonds is 7. The maximum atomic E-state index is 12.7. The lowest BCUT2D eigenvalue weighted by Crippen LogP contribution is -2.28. The van der Waals surface area contributed by atoms with E-state index in [1.807, 2.05) is 36.4 Å². The fraction of sp³-hybridized carbons (Fsp3) is 0.200. The molecule has 3 rings (SSSR count). The summed E-state index contributed by atoms with van der Waals surface area (Å²) in [5.74, 6) is 0.518. The molecule has 3 aromatic rings. The van der Waals surface area contributed by atoms with Crippen LogP contribution in [0.15, 0.2) is 54.6 Å². The Balaban J connectivity index is 2.01. The highest BCUT2D eigenvalue weighted by atomic mass is 35.5. The van der Waals surface area contributed by atoms with Gasteiger partial charge in [-0.2, -0.15) is 5.10 Å². The molecule has 0 radical (unpaired) electrons. The molecule has 0 aliphatic rings. The van der Waals surface area contributed by atoms with Crippen molar-refractivity contribution in [1.29, 1.82) is 0 Å². The van der Waals surface area contributed by atoms with Gasteiger partial charge in [0.05, 0.1) is 25.1 Å². The van der Waals surface area contributed by atoms with E-state index in [9.17, 15) is 4.79 Å². The highest BCUT2D eigenvalue weighted by Crippen LogP contribution is 2.25. The molecule has 1 amide bonds. The molecule has 2 aromatic carbocycles. The van der Waals surface area contributed by atoms with Crippen molar-refractivity contribution in [3.63, 3.8) is 0 Å². The van der Waals surface area contributed by atoms with Crippen LogP contribution in [-0.2, 0) is 4.74 Å². The molecule has 140 valence electrons. The number of carbonyl (C=O) groups is 1. The quantitative estimate of drug-likeness (QED) is 0.631. The van der Waals surface area contributed by atoms with Gasteiger partial charge in [-0.3, -0.25) is 4.79 Å². The number of hydrogen-bond donors (Lipinski definition) is 1. The molecule has 0 fully saturated rings. The molecular formula is C20H20ClN3O3. The molecule has 0 aliphatic carbocycles. The molecule has 0 bridgehead atoms. The van der Waals surface area contributed by atoms with Crippen LogP contribution in [0.4, 0.5) is 0 Å². The van der Waals surface area contributed by atoms with Crippen molar-refractivity contribution >= 4 is 17.5 Å². The topological polar surface area (TPSA) is 65.4 Å². The molecule has 0 atom stereocenters. The molecule has 1 heterocycles. The summed E-state index contributed by atoms with van der Waals surface area (Å²) in [6.45, 7) is 0.844. The summed E-state index contributed by atoms with van der Waals surface area (Å²) >= 11 is 6.11. The Morgan fingerprint density at radius 1 is 1.15 bits per heavy atom. The molecule has 27 heavy (non-hydrogen) atoms. The Bertz CT molecular complexity index is 922. The Morgan fingerprint density at radius 2 is 1.93 bits per heavy atom. The van der Waals surface area contributed by atoms with E-state index in [1.54, 1.807) is 37.1 Å². The second kappa shape index (κ2) is 8.70. The second-order valence-corrected chi connectivity index (χ2v) is 6.22. The summed E-state index contributed by atoms with van der Waals surface area (Å²) in [6.07, 6.45) is 0. The van der Waals surface area contributed by atoms with Crippen molar-refractivity contribution < 1.29 is 14.3 Å². The summed E-state index contributed by atoms with van der Waals surface area (Å²) in [5, 5.41) is 8.02. The number of ether oxygens (including phenoxy) is 2. The van der Waals surface area contributed by atoms with Gasteiger partial charge in [0.1, 0.15) is 11.4 Å². The van der Waals surface area contributed by atoms with E-state index < -0.39 is 0 Å². The second-order valence-electron chi connectivity index (χ2n) is 5.78. The van der Waals surface area contributed by atoms with Crippen molar-refractivity contribution in [2.75, 3.05) is 27.4 Å². The van der Waals surface area contributed by atoms with Crippen LogP contribution < -0.4 is 10.1 Å². The van der Waals surface area contributed by atoms with Crippen molar-refractivity contribution in [2.24, 2.45) is 0 Å². The van der Waals surface area contributed by atoms with Crippen LogP contribution in [-0.4, -0.2) is 43.1 Å². The molecule has 0 aliphatic heterocycles. The maximum absolute atomic E-state index is 12.7. The smallest absolute Gasteiger partial charge is 0.270 e. The molecule has 0 spiro atoms. The van der Waals surface area contributed by atoms with Crippen molar-refractivity contribution in [2.45, 2.75) is 0 Å². The minimum absolute atomic E-state index is 0.237. The lowest BCUT2D eigenvalue weighted by molar-refractivity contribution is 0.0929. The van der Waals surface area contributed by atoms with Crippen LogP contribution in [0.3, 0.4) is 0 Å².